The molecule has 0 unspecified atom stereocenters. The predicted octanol–water partition coefficient (Wildman–Crippen LogP) is -2.59. The first-order valence-electron chi connectivity index (χ1n) is 3.43. The highest BCUT2D eigenvalue weighted by Crippen LogP contribution is 2.03. The molecule has 0 bridgehead atoms. The van der Waals surface area contributed by atoms with Crippen LogP contribution in [0, 0.1) is 0 Å². The van der Waals surface area contributed by atoms with E-state index in [0.29, 0.717) is 0 Å². The molecule has 0 aliphatic rings. The fourth-order valence-corrected chi connectivity index (χ4v) is 0.652. The van der Waals surface area contributed by atoms with Crippen LogP contribution < -0.4 is 5.73 Å². The van der Waals surface area contributed by atoms with E-state index in [1.165, 1.54) is 6.92 Å². The van der Waals surface area contributed by atoms with Crippen molar-refractivity contribution in [1.29, 1.82) is 0 Å². The third-order valence-corrected chi connectivity index (χ3v) is 1.48. The van der Waals surface area contributed by atoms with Gasteiger partial charge in [-0.15, -0.1) is 0 Å². The zero-order valence-corrected chi connectivity index (χ0v) is 6.38. The van der Waals surface area contributed by atoms with Crippen molar-refractivity contribution in [3.05, 3.63) is 0 Å². The average Bonchev–Trinajstić information content (AvgIpc) is 2.00. The van der Waals surface area contributed by atoms with E-state index < -0.39 is 24.4 Å². The summed E-state index contributed by atoms with van der Waals surface area (Å²) in [6.07, 6.45) is -5.01. The van der Waals surface area contributed by atoms with Gasteiger partial charge in [0.15, 0.2) is 0 Å². The average molecular weight is 165 g/mol. The van der Waals surface area contributed by atoms with Crippen molar-refractivity contribution in [2.75, 3.05) is 6.54 Å². The lowest BCUT2D eigenvalue weighted by molar-refractivity contribution is -0.0969. The second-order valence-electron chi connectivity index (χ2n) is 2.52. The number of aliphatic hydroxyl groups excluding tert-OH is 4. The van der Waals surface area contributed by atoms with Crippen LogP contribution in [-0.2, 0) is 0 Å². The summed E-state index contributed by atoms with van der Waals surface area (Å²) in [5.74, 6) is 0. The van der Waals surface area contributed by atoms with E-state index in [-0.39, 0.29) is 6.54 Å². The largest absolute Gasteiger partial charge is 0.391 e. The lowest BCUT2D eigenvalue weighted by atomic mass is 10.0. The van der Waals surface area contributed by atoms with Crippen LogP contribution >= 0.6 is 0 Å². The number of rotatable bonds is 4. The molecule has 11 heavy (non-hydrogen) atoms. The fraction of sp³-hybridized carbons (Fsp3) is 1.00. The highest BCUT2D eigenvalue weighted by atomic mass is 16.4. The van der Waals surface area contributed by atoms with Crippen LogP contribution in [0.2, 0.25) is 0 Å². The third kappa shape index (κ3) is 3.13. The lowest BCUT2D eigenvalue weighted by Gasteiger charge is -2.23. The fourth-order valence-electron chi connectivity index (χ4n) is 0.652. The molecule has 0 amide bonds. The Morgan fingerprint density at radius 3 is 1.82 bits per heavy atom. The minimum absolute atomic E-state index is 0.148. The molecule has 6 N–H and O–H groups in total. The predicted molar refractivity (Wildman–Crippen MR) is 38.8 cm³/mol. The molecular weight excluding hydrogens is 150 g/mol. The summed E-state index contributed by atoms with van der Waals surface area (Å²) < 4.78 is 0. The van der Waals surface area contributed by atoms with Gasteiger partial charge < -0.3 is 26.2 Å². The van der Waals surface area contributed by atoms with Crippen molar-refractivity contribution in [2.45, 2.75) is 31.3 Å². The highest BCUT2D eigenvalue weighted by molar-refractivity contribution is 4.78. The van der Waals surface area contributed by atoms with Gasteiger partial charge >= 0.3 is 0 Å². The summed E-state index contributed by atoms with van der Waals surface area (Å²) in [6, 6.07) is 0. The number of hydrogen-bond acceptors (Lipinski definition) is 5. The van der Waals surface area contributed by atoms with Gasteiger partial charge in [0.1, 0.15) is 12.2 Å². The molecule has 0 radical (unpaired) electrons. The van der Waals surface area contributed by atoms with Gasteiger partial charge in [-0.05, 0) is 6.92 Å². The number of hydrogen-bond donors (Lipinski definition) is 5. The summed E-state index contributed by atoms with van der Waals surface area (Å²) >= 11 is 0. The molecule has 5 nitrogen and oxygen atoms in total. The van der Waals surface area contributed by atoms with E-state index in [2.05, 4.69) is 0 Å². The summed E-state index contributed by atoms with van der Waals surface area (Å²) in [4.78, 5) is 0. The van der Waals surface area contributed by atoms with Gasteiger partial charge in [-0.1, -0.05) is 0 Å². The van der Waals surface area contributed by atoms with Crippen molar-refractivity contribution >= 4 is 0 Å². The molecule has 0 heterocycles. The van der Waals surface area contributed by atoms with E-state index in [9.17, 15) is 0 Å². The van der Waals surface area contributed by atoms with Gasteiger partial charge in [0.05, 0.1) is 12.2 Å². The second-order valence-corrected chi connectivity index (χ2v) is 2.52. The van der Waals surface area contributed by atoms with Gasteiger partial charge in [0.25, 0.3) is 0 Å². The third-order valence-electron chi connectivity index (χ3n) is 1.48. The van der Waals surface area contributed by atoms with Gasteiger partial charge in [0, 0.05) is 6.54 Å². The van der Waals surface area contributed by atoms with Gasteiger partial charge in [-0.25, -0.2) is 0 Å². The molecule has 0 saturated carbocycles. The Hall–Kier alpha value is -0.200. The Balaban J connectivity index is 3.90. The minimum atomic E-state index is -1.39. The smallest absolute Gasteiger partial charge is 0.109 e. The monoisotopic (exact) mass is 165 g/mol. The van der Waals surface area contributed by atoms with E-state index >= 15 is 0 Å². The van der Waals surface area contributed by atoms with Crippen LogP contribution in [0.25, 0.3) is 0 Å². The van der Waals surface area contributed by atoms with Crippen LogP contribution in [0.1, 0.15) is 6.92 Å². The minimum Gasteiger partial charge on any atom is -0.391 e. The molecule has 0 aliphatic heterocycles. The molecule has 0 aromatic carbocycles. The first-order valence-corrected chi connectivity index (χ1v) is 3.43. The normalized spacial score (nSPS) is 22.4. The molecule has 0 aromatic rings. The first kappa shape index (κ1) is 10.8. The van der Waals surface area contributed by atoms with Crippen LogP contribution in [0.5, 0.6) is 0 Å². The first-order chi connectivity index (χ1) is 5.00. The molecule has 0 saturated heterocycles. The van der Waals surface area contributed by atoms with Crippen LogP contribution in [-0.4, -0.2) is 51.4 Å². The molecule has 0 aliphatic carbocycles. The zero-order valence-electron chi connectivity index (χ0n) is 6.38. The SMILES string of the molecule is C[C@@H](O)[C@H](O)[C@@H](O)[C@@H](O)CN. The van der Waals surface area contributed by atoms with E-state index in [4.69, 9.17) is 26.2 Å². The topological polar surface area (TPSA) is 107 Å². The summed E-state index contributed by atoms with van der Waals surface area (Å²) in [7, 11) is 0. The lowest BCUT2D eigenvalue weighted by Crippen LogP contribution is -2.46. The molecular formula is C6H15NO4. The van der Waals surface area contributed by atoms with E-state index in [0.717, 1.165) is 0 Å². The Morgan fingerprint density at radius 1 is 1.09 bits per heavy atom. The van der Waals surface area contributed by atoms with Crippen molar-refractivity contribution in [3.8, 4) is 0 Å². The van der Waals surface area contributed by atoms with Gasteiger partial charge in [-0.3, -0.25) is 0 Å². The standard InChI is InChI=1S/C6H15NO4/c1-3(8)5(10)6(11)4(9)2-7/h3-6,8-11H,2,7H2,1H3/t3-,4+,5+,6+/m1/s1. The quantitative estimate of drug-likeness (QED) is 0.314. The number of aliphatic hydroxyl groups is 4. The van der Waals surface area contributed by atoms with Gasteiger partial charge in [-0.2, -0.15) is 0 Å². The Labute approximate surface area is 65.1 Å². The van der Waals surface area contributed by atoms with Crippen LogP contribution in [0.4, 0.5) is 0 Å². The maximum absolute atomic E-state index is 9.02. The molecule has 68 valence electrons. The molecule has 0 rings (SSSR count). The van der Waals surface area contributed by atoms with Crippen LogP contribution in [0.15, 0.2) is 0 Å². The van der Waals surface area contributed by atoms with Crippen LogP contribution in [0.3, 0.4) is 0 Å². The Bertz CT molecular complexity index is 109. The summed E-state index contributed by atoms with van der Waals surface area (Å²) in [6.45, 7) is 1.17. The van der Waals surface area contributed by atoms with E-state index in [1.54, 1.807) is 0 Å². The Kier molecular flexibility index (Phi) is 4.55. The molecule has 4 atom stereocenters. The van der Waals surface area contributed by atoms with Crippen molar-refractivity contribution in [1.82, 2.24) is 0 Å². The van der Waals surface area contributed by atoms with Gasteiger partial charge in [0.2, 0.25) is 0 Å². The van der Waals surface area contributed by atoms with Crippen molar-refractivity contribution < 1.29 is 20.4 Å². The number of nitrogens with two attached hydrogens (primary N) is 1. The Morgan fingerprint density at radius 2 is 1.55 bits per heavy atom. The van der Waals surface area contributed by atoms with Crippen molar-refractivity contribution in [3.63, 3.8) is 0 Å². The maximum atomic E-state index is 9.02. The maximum Gasteiger partial charge on any atom is 0.109 e. The summed E-state index contributed by atoms with van der Waals surface area (Å²) in [5.41, 5.74) is 5.01. The molecule has 0 spiro atoms. The van der Waals surface area contributed by atoms with E-state index in [1.807, 2.05) is 0 Å². The second kappa shape index (κ2) is 4.63. The zero-order chi connectivity index (χ0) is 9.02. The summed E-state index contributed by atoms with van der Waals surface area (Å²) in [5, 5.41) is 35.7. The molecule has 0 aromatic heterocycles. The van der Waals surface area contributed by atoms with Crippen molar-refractivity contribution in [2.24, 2.45) is 5.73 Å². The molecule has 5 heteroatoms. The molecule has 0 fully saturated rings. The highest BCUT2D eigenvalue weighted by Gasteiger charge is 2.26.